The molecule has 1 rings (SSSR count). The number of carbonyl (C=O) groups is 2. The summed E-state index contributed by atoms with van der Waals surface area (Å²) in [4.78, 5) is 22.8. The van der Waals surface area contributed by atoms with Gasteiger partial charge in [0.1, 0.15) is 0 Å². The second-order valence-electron chi connectivity index (χ2n) is 4.70. The average molecular weight is 294 g/mol. The molecule has 0 radical (unpaired) electrons. The molecule has 19 heavy (non-hydrogen) atoms. The van der Waals surface area contributed by atoms with Gasteiger partial charge in [0.2, 0.25) is 11.8 Å². The summed E-state index contributed by atoms with van der Waals surface area (Å²) in [7, 11) is 0. The van der Waals surface area contributed by atoms with Gasteiger partial charge in [-0.2, -0.15) is 0 Å². The number of morpholine rings is 1. The van der Waals surface area contributed by atoms with Crippen LogP contribution in [0.3, 0.4) is 0 Å². The molecular weight excluding hydrogens is 270 g/mol. The van der Waals surface area contributed by atoms with Gasteiger partial charge in [-0.15, -0.1) is 12.4 Å². The fraction of sp³-hybridized carbons (Fsp3) is 0.833. The molecule has 0 aromatic rings. The zero-order chi connectivity index (χ0) is 13.4. The fourth-order valence-electron chi connectivity index (χ4n) is 1.62. The van der Waals surface area contributed by atoms with Crippen LogP contribution in [0.15, 0.2) is 0 Å². The van der Waals surface area contributed by atoms with Gasteiger partial charge in [-0.25, -0.2) is 0 Å². The lowest BCUT2D eigenvalue weighted by Crippen LogP contribution is -2.42. The Morgan fingerprint density at radius 2 is 2.00 bits per heavy atom. The van der Waals surface area contributed by atoms with Gasteiger partial charge in [0.15, 0.2) is 0 Å². The summed E-state index contributed by atoms with van der Waals surface area (Å²) in [5.41, 5.74) is 0. The van der Waals surface area contributed by atoms with E-state index in [0.29, 0.717) is 26.1 Å². The van der Waals surface area contributed by atoms with Gasteiger partial charge >= 0.3 is 0 Å². The third-order valence-electron chi connectivity index (χ3n) is 2.69. The summed E-state index contributed by atoms with van der Waals surface area (Å²) in [6.07, 6.45) is 0.328. The molecule has 0 saturated carbocycles. The molecule has 1 aliphatic heterocycles. The van der Waals surface area contributed by atoms with E-state index in [0.717, 1.165) is 13.1 Å². The van der Waals surface area contributed by atoms with Crippen LogP contribution in [0.4, 0.5) is 0 Å². The van der Waals surface area contributed by atoms with Gasteiger partial charge in [-0.1, -0.05) is 13.8 Å². The van der Waals surface area contributed by atoms with E-state index in [2.05, 4.69) is 16.0 Å². The number of hydrogen-bond donors (Lipinski definition) is 3. The van der Waals surface area contributed by atoms with Gasteiger partial charge < -0.3 is 20.7 Å². The third kappa shape index (κ3) is 8.02. The minimum absolute atomic E-state index is 0. The Kier molecular flexibility index (Phi) is 9.55. The van der Waals surface area contributed by atoms with E-state index in [4.69, 9.17) is 4.74 Å². The fourth-order valence-corrected chi connectivity index (χ4v) is 1.62. The maximum Gasteiger partial charge on any atom is 0.222 e. The van der Waals surface area contributed by atoms with Gasteiger partial charge in [-0.05, 0) is 0 Å². The molecule has 3 N–H and O–H groups in total. The van der Waals surface area contributed by atoms with Crippen LogP contribution in [0.1, 0.15) is 20.3 Å². The van der Waals surface area contributed by atoms with Crippen LogP contribution in [0.25, 0.3) is 0 Å². The minimum atomic E-state index is -0.0394. The molecule has 1 fully saturated rings. The number of nitrogens with one attached hydrogen (secondary N) is 3. The van der Waals surface area contributed by atoms with Crippen molar-refractivity contribution in [1.82, 2.24) is 16.0 Å². The molecule has 1 saturated heterocycles. The first-order valence-electron chi connectivity index (χ1n) is 6.46. The lowest BCUT2D eigenvalue weighted by Gasteiger charge is -2.23. The summed E-state index contributed by atoms with van der Waals surface area (Å²) in [6.45, 7) is 6.81. The Morgan fingerprint density at radius 1 is 1.32 bits per heavy atom. The minimum Gasteiger partial charge on any atom is -0.375 e. The van der Waals surface area contributed by atoms with Crippen molar-refractivity contribution in [2.45, 2.75) is 26.4 Å². The smallest absolute Gasteiger partial charge is 0.222 e. The van der Waals surface area contributed by atoms with E-state index in [1.807, 2.05) is 13.8 Å². The van der Waals surface area contributed by atoms with Crippen molar-refractivity contribution in [3.8, 4) is 0 Å². The molecule has 7 heteroatoms. The quantitative estimate of drug-likeness (QED) is 0.586. The van der Waals surface area contributed by atoms with Crippen molar-refractivity contribution in [2.75, 3.05) is 32.8 Å². The molecule has 112 valence electrons. The van der Waals surface area contributed by atoms with Crippen LogP contribution >= 0.6 is 12.4 Å². The van der Waals surface area contributed by atoms with Crippen molar-refractivity contribution in [2.24, 2.45) is 5.92 Å². The van der Waals surface area contributed by atoms with Crippen LogP contribution in [0, 0.1) is 5.92 Å². The normalized spacial score (nSPS) is 18.6. The Labute approximate surface area is 120 Å². The summed E-state index contributed by atoms with van der Waals surface area (Å²) in [6, 6.07) is 0. The highest BCUT2D eigenvalue weighted by Crippen LogP contribution is 2.00. The molecule has 1 unspecified atom stereocenters. The molecule has 0 aromatic heterocycles. The van der Waals surface area contributed by atoms with Crippen molar-refractivity contribution >= 4 is 24.2 Å². The largest absolute Gasteiger partial charge is 0.375 e. The number of hydrogen-bond acceptors (Lipinski definition) is 4. The SMILES string of the molecule is CC(C)C(=O)NCCNC(=O)CC1CNCCO1.Cl. The van der Waals surface area contributed by atoms with Crippen LogP contribution in [0.2, 0.25) is 0 Å². The van der Waals surface area contributed by atoms with Gasteiger partial charge in [-0.3, -0.25) is 9.59 Å². The monoisotopic (exact) mass is 293 g/mol. The van der Waals surface area contributed by atoms with Crippen molar-refractivity contribution < 1.29 is 14.3 Å². The number of ether oxygens (including phenoxy) is 1. The highest BCUT2D eigenvalue weighted by molar-refractivity contribution is 5.85. The Hall–Kier alpha value is -0.850. The second-order valence-corrected chi connectivity index (χ2v) is 4.70. The lowest BCUT2D eigenvalue weighted by atomic mass is 10.2. The molecule has 6 nitrogen and oxygen atoms in total. The summed E-state index contributed by atoms with van der Waals surface area (Å²) in [5, 5.41) is 8.68. The van der Waals surface area contributed by atoms with Gasteiger partial charge in [0.05, 0.1) is 19.1 Å². The average Bonchev–Trinajstić information content (AvgIpc) is 2.35. The first-order valence-corrected chi connectivity index (χ1v) is 6.46. The van der Waals surface area contributed by atoms with Crippen molar-refractivity contribution in [3.05, 3.63) is 0 Å². The molecule has 0 aromatic carbocycles. The summed E-state index contributed by atoms with van der Waals surface area (Å²) >= 11 is 0. The molecule has 0 bridgehead atoms. The zero-order valence-electron chi connectivity index (χ0n) is 11.5. The highest BCUT2D eigenvalue weighted by Gasteiger charge is 2.16. The summed E-state index contributed by atoms with van der Waals surface area (Å²) < 4.78 is 5.43. The molecule has 2 amide bonds. The first-order chi connectivity index (χ1) is 8.59. The van der Waals surface area contributed by atoms with Crippen molar-refractivity contribution in [3.63, 3.8) is 0 Å². The number of amides is 2. The Morgan fingerprint density at radius 3 is 2.58 bits per heavy atom. The lowest BCUT2D eigenvalue weighted by molar-refractivity contribution is -0.126. The predicted octanol–water partition coefficient (Wildman–Crippen LogP) is -0.325. The Balaban J connectivity index is 0.00000324. The number of halogens is 1. The number of carbonyl (C=O) groups excluding carboxylic acids is 2. The van der Waals surface area contributed by atoms with E-state index in [-0.39, 0.29) is 36.2 Å². The second kappa shape index (κ2) is 10.00. The zero-order valence-corrected chi connectivity index (χ0v) is 12.3. The molecular formula is C12H24ClN3O3. The Bertz CT molecular complexity index is 281. The van der Waals surface area contributed by atoms with Crippen LogP contribution in [-0.2, 0) is 14.3 Å². The molecule has 1 heterocycles. The number of rotatable bonds is 6. The standard InChI is InChI=1S/C12H23N3O3.ClH/c1-9(2)12(17)15-4-3-14-11(16)7-10-8-13-5-6-18-10;/h9-10,13H,3-8H2,1-2H3,(H,14,16)(H,15,17);1H. The summed E-state index contributed by atoms with van der Waals surface area (Å²) in [5.74, 6) is -0.0611. The predicted molar refractivity (Wildman–Crippen MR) is 75.3 cm³/mol. The van der Waals surface area contributed by atoms with Crippen molar-refractivity contribution in [1.29, 1.82) is 0 Å². The van der Waals surface area contributed by atoms with E-state index in [1.165, 1.54) is 0 Å². The maximum atomic E-state index is 11.6. The van der Waals surface area contributed by atoms with E-state index in [9.17, 15) is 9.59 Å². The highest BCUT2D eigenvalue weighted by atomic mass is 35.5. The van der Waals surface area contributed by atoms with Crippen LogP contribution in [0.5, 0.6) is 0 Å². The van der Waals surface area contributed by atoms with E-state index >= 15 is 0 Å². The molecule has 1 atom stereocenters. The molecule has 1 aliphatic rings. The third-order valence-corrected chi connectivity index (χ3v) is 2.69. The van der Waals surface area contributed by atoms with E-state index < -0.39 is 0 Å². The van der Waals surface area contributed by atoms with Crippen LogP contribution < -0.4 is 16.0 Å². The van der Waals surface area contributed by atoms with Gasteiger partial charge in [0, 0.05) is 32.1 Å². The van der Waals surface area contributed by atoms with Crippen LogP contribution in [-0.4, -0.2) is 50.7 Å². The van der Waals surface area contributed by atoms with E-state index in [1.54, 1.807) is 0 Å². The molecule has 0 spiro atoms. The van der Waals surface area contributed by atoms with Gasteiger partial charge in [0.25, 0.3) is 0 Å². The topological polar surface area (TPSA) is 79.5 Å². The first kappa shape index (κ1) is 18.1. The maximum absolute atomic E-state index is 11.6. The molecule has 0 aliphatic carbocycles.